The van der Waals surface area contributed by atoms with E-state index in [1.807, 2.05) is 26.0 Å². The number of hydrogen-bond acceptors (Lipinski definition) is 2. The second kappa shape index (κ2) is 6.62. The Morgan fingerprint density at radius 2 is 1.76 bits per heavy atom. The van der Waals surface area contributed by atoms with Gasteiger partial charge >= 0.3 is 5.97 Å². The molecule has 0 atom stereocenters. The molecule has 0 aliphatic carbocycles. The van der Waals surface area contributed by atoms with Gasteiger partial charge < -0.3 is 9.84 Å². The lowest BCUT2D eigenvalue weighted by Crippen LogP contribution is -2.01. The average Bonchev–Trinajstić information content (AvgIpc) is 2.43. The summed E-state index contributed by atoms with van der Waals surface area (Å²) in [4.78, 5) is 10.9. The fourth-order valence-electron chi connectivity index (χ4n) is 1.95. The van der Waals surface area contributed by atoms with E-state index >= 15 is 0 Å². The van der Waals surface area contributed by atoms with Crippen molar-refractivity contribution in [3.63, 3.8) is 0 Å². The van der Waals surface area contributed by atoms with Gasteiger partial charge in [0.25, 0.3) is 0 Å². The van der Waals surface area contributed by atoms with Crippen LogP contribution in [-0.2, 0) is 6.61 Å². The summed E-state index contributed by atoms with van der Waals surface area (Å²) in [6.07, 6.45) is 0. The summed E-state index contributed by atoms with van der Waals surface area (Å²) >= 11 is 6.90. The highest BCUT2D eigenvalue weighted by atomic mass is 79.9. The molecule has 0 aromatic heterocycles. The van der Waals surface area contributed by atoms with E-state index < -0.39 is 5.97 Å². The van der Waals surface area contributed by atoms with Gasteiger partial charge in [-0.05, 0) is 49.2 Å². The summed E-state index contributed by atoms with van der Waals surface area (Å²) in [5, 5.41) is 8.94. The van der Waals surface area contributed by atoms with Crippen LogP contribution < -0.4 is 4.74 Å². The fraction of sp³-hybridized carbons (Fsp3) is 0.188. The molecule has 2 rings (SSSR count). The van der Waals surface area contributed by atoms with Crippen molar-refractivity contribution in [1.29, 1.82) is 0 Å². The van der Waals surface area contributed by atoms with E-state index in [4.69, 9.17) is 9.84 Å². The Morgan fingerprint density at radius 3 is 2.29 bits per heavy atom. The van der Waals surface area contributed by atoms with Gasteiger partial charge in [-0.1, -0.05) is 37.9 Å². The maximum absolute atomic E-state index is 10.9. The molecule has 0 amide bonds. The molecule has 5 heteroatoms. The number of carboxylic acid groups (broad SMARTS) is 1. The third-order valence-corrected chi connectivity index (χ3v) is 5.09. The van der Waals surface area contributed by atoms with E-state index in [1.54, 1.807) is 18.2 Å². The molecule has 0 radical (unpaired) electrons. The number of carboxylic acids is 1. The molecule has 1 N–H and O–H groups in total. The van der Waals surface area contributed by atoms with Crippen LogP contribution >= 0.6 is 31.9 Å². The van der Waals surface area contributed by atoms with Crippen LogP contribution in [-0.4, -0.2) is 11.1 Å². The minimum absolute atomic E-state index is 0.251. The third-order valence-electron chi connectivity index (χ3n) is 3.10. The SMILES string of the molecule is Cc1cc(OCc2ccc(C(=O)O)cc2Br)cc(C)c1Br. The van der Waals surface area contributed by atoms with E-state index in [1.165, 1.54) is 0 Å². The van der Waals surface area contributed by atoms with Crippen molar-refractivity contribution < 1.29 is 14.6 Å². The highest BCUT2D eigenvalue weighted by Gasteiger charge is 2.08. The molecule has 0 fully saturated rings. The first kappa shape index (κ1) is 16.0. The van der Waals surface area contributed by atoms with Crippen molar-refractivity contribution in [3.8, 4) is 5.75 Å². The standard InChI is InChI=1S/C16H14Br2O3/c1-9-5-13(6-10(2)15(9)18)21-8-12-4-3-11(16(19)20)7-14(12)17/h3-7H,8H2,1-2H3,(H,19,20). The first-order valence-electron chi connectivity index (χ1n) is 6.29. The fourth-order valence-corrected chi connectivity index (χ4v) is 2.67. The van der Waals surface area contributed by atoms with Crippen LogP contribution in [0.5, 0.6) is 5.75 Å². The summed E-state index contributed by atoms with van der Waals surface area (Å²) < 4.78 is 7.61. The van der Waals surface area contributed by atoms with Crippen molar-refractivity contribution in [2.45, 2.75) is 20.5 Å². The van der Waals surface area contributed by atoms with E-state index in [9.17, 15) is 4.79 Å². The molecular formula is C16H14Br2O3. The zero-order valence-electron chi connectivity index (χ0n) is 11.6. The number of carbonyl (C=O) groups is 1. The van der Waals surface area contributed by atoms with Crippen molar-refractivity contribution >= 4 is 37.8 Å². The Morgan fingerprint density at radius 1 is 1.14 bits per heavy atom. The Balaban J connectivity index is 2.15. The van der Waals surface area contributed by atoms with Crippen molar-refractivity contribution in [2.75, 3.05) is 0 Å². The normalized spacial score (nSPS) is 10.5. The molecule has 0 saturated carbocycles. The molecule has 2 aromatic carbocycles. The lowest BCUT2D eigenvalue weighted by molar-refractivity contribution is 0.0696. The maximum Gasteiger partial charge on any atom is 0.335 e. The van der Waals surface area contributed by atoms with Gasteiger partial charge in [-0.15, -0.1) is 0 Å². The van der Waals surface area contributed by atoms with Crippen LogP contribution in [0.4, 0.5) is 0 Å². The highest BCUT2D eigenvalue weighted by Crippen LogP contribution is 2.27. The van der Waals surface area contributed by atoms with Crippen LogP contribution in [0.1, 0.15) is 27.0 Å². The number of aryl methyl sites for hydroxylation is 2. The number of halogens is 2. The van der Waals surface area contributed by atoms with Crippen LogP contribution in [0.15, 0.2) is 39.3 Å². The number of aromatic carboxylic acids is 1. The highest BCUT2D eigenvalue weighted by molar-refractivity contribution is 9.10. The number of ether oxygens (including phenoxy) is 1. The predicted octanol–water partition coefficient (Wildman–Crippen LogP) is 5.11. The molecule has 0 aliphatic heterocycles. The molecular weight excluding hydrogens is 400 g/mol. The summed E-state index contributed by atoms with van der Waals surface area (Å²) in [6, 6.07) is 8.85. The molecule has 110 valence electrons. The van der Waals surface area contributed by atoms with E-state index in [0.717, 1.165) is 31.4 Å². The van der Waals surface area contributed by atoms with Gasteiger partial charge in [0, 0.05) is 14.5 Å². The van der Waals surface area contributed by atoms with Crippen molar-refractivity contribution in [1.82, 2.24) is 0 Å². The minimum atomic E-state index is -0.942. The second-order valence-electron chi connectivity index (χ2n) is 4.77. The number of hydrogen-bond donors (Lipinski definition) is 1. The largest absolute Gasteiger partial charge is 0.489 e. The molecule has 0 aliphatic rings. The van der Waals surface area contributed by atoms with Crippen molar-refractivity contribution in [2.24, 2.45) is 0 Å². The molecule has 0 unspecified atom stereocenters. The summed E-state index contributed by atoms with van der Waals surface area (Å²) in [6.45, 7) is 4.41. The molecule has 21 heavy (non-hydrogen) atoms. The van der Waals surface area contributed by atoms with E-state index in [-0.39, 0.29) is 5.56 Å². The Labute approximate surface area is 140 Å². The Hall–Kier alpha value is -1.33. The Kier molecular flexibility index (Phi) is 5.06. The van der Waals surface area contributed by atoms with Gasteiger partial charge in [0.05, 0.1) is 5.56 Å². The number of benzene rings is 2. The first-order valence-corrected chi connectivity index (χ1v) is 7.88. The summed E-state index contributed by atoms with van der Waals surface area (Å²) in [5.41, 5.74) is 3.38. The lowest BCUT2D eigenvalue weighted by Gasteiger charge is -2.11. The molecule has 0 bridgehead atoms. The van der Waals surface area contributed by atoms with Crippen LogP contribution in [0, 0.1) is 13.8 Å². The van der Waals surface area contributed by atoms with Gasteiger partial charge in [0.2, 0.25) is 0 Å². The van der Waals surface area contributed by atoms with Crippen LogP contribution in [0.25, 0.3) is 0 Å². The quantitative estimate of drug-likeness (QED) is 0.757. The summed E-state index contributed by atoms with van der Waals surface area (Å²) in [7, 11) is 0. The second-order valence-corrected chi connectivity index (χ2v) is 6.42. The number of rotatable bonds is 4. The minimum Gasteiger partial charge on any atom is -0.489 e. The molecule has 3 nitrogen and oxygen atoms in total. The molecule has 0 spiro atoms. The van der Waals surface area contributed by atoms with E-state index in [2.05, 4.69) is 31.9 Å². The zero-order chi connectivity index (χ0) is 15.6. The zero-order valence-corrected chi connectivity index (χ0v) is 14.8. The van der Waals surface area contributed by atoms with Crippen LogP contribution in [0.3, 0.4) is 0 Å². The van der Waals surface area contributed by atoms with Gasteiger partial charge in [-0.3, -0.25) is 0 Å². The van der Waals surface area contributed by atoms with Gasteiger partial charge in [-0.25, -0.2) is 4.79 Å². The van der Waals surface area contributed by atoms with Gasteiger partial charge in [-0.2, -0.15) is 0 Å². The summed E-state index contributed by atoms with van der Waals surface area (Å²) in [5.74, 6) is -0.148. The topological polar surface area (TPSA) is 46.5 Å². The third kappa shape index (κ3) is 3.86. The van der Waals surface area contributed by atoms with Gasteiger partial charge in [0.1, 0.15) is 12.4 Å². The first-order chi connectivity index (χ1) is 9.88. The molecule has 2 aromatic rings. The molecule has 0 heterocycles. The predicted molar refractivity (Wildman–Crippen MR) is 89.0 cm³/mol. The average molecular weight is 414 g/mol. The monoisotopic (exact) mass is 412 g/mol. The van der Waals surface area contributed by atoms with Crippen molar-refractivity contribution in [3.05, 3.63) is 61.5 Å². The smallest absolute Gasteiger partial charge is 0.335 e. The Bertz CT molecular complexity index is 673. The molecule has 0 saturated heterocycles. The van der Waals surface area contributed by atoms with Gasteiger partial charge in [0.15, 0.2) is 0 Å². The van der Waals surface area contributed by atoms with E-state index in [0.29, 0.717) is 6.61 Å². The van der Waals surface area contributed by atoms with Crippen LogP contribution in [0.2, 0.25) is 0 Å². The maximum atomic E-state index is 10.9. The lowest BCUT2D eigenvalue weighted by atomic mass is 10.1.